The lowest BCUT2D eigenvalue weighted by molar-refractivity contribution is 0.379. The fraction of sp³-hybridized carbons (Fsp3) is 0.880. The van der Waals surface area contributed by atoms with E-state index in [2.05, 4.69) is 25.1 Å². The van der Waals surface area contributed by atoms with Crippen LogP contribution in [0.2, 0.25) is 0 Å². The molecule has 0 aromatic rings. The Bertz CT molecular complexity index is 644. The molecule has 1 unspecified atom stereocenters. The van der Waals surface area contributed by atoms with Gasteiger partial charge in [-0.3, -0.25) is 0 Å². The van der Waals surface area contributed by atoms with Gasteiger partial charge in [0.2, 0.25) is 10.0 Å². The van der Waals surface area contributed by atoms with Gasteiger partial charge in [0.05, 0.1) is 18.2 Å². The fourth-order valence-corrected chi connectivity index (χ4v) is 5.53. The van der Waals surface area contributed by atoms with Crippen LogP contribution in [0.15, 0.2) is 0 Å². The highest BCUT2D eigenvalue weighted by molar-refractivity contribution is 7.90. The normalized spacial score (nSPS) is 12.2. The third-order valence-corrected chi connectivity index (χ3v) is 7.97. The maximum Gasteiger partial charge on any atom is 0.230 e. The highest BCUT2D eigenvalue weighted by atomic mass is 32.2. The van der Waals surface area contributed by atoms with E-state index in [1.807, 2.05) is 0 Å². The topological polar surface area (TPSA) is 109 Å². The van der Waals surface area contributed by atoms with Crippen LogP contribution in [0.3, 0.4) is 0 Å². The lowest BCUT2D eigenvalue weighted by Crippen LogP contribution is -2.39. The Balaban J connectivity index is 4.61. The van der Waals surface area contributed by atoms with Crippen LogP contribution < -0.4 is 0 Å². The van der Waals surface area contributed by atoms with Gasteiger partial charge in [0.1, 0.15) is 0 Å². The predicted octanol–water partition coefficient (Wildman–Crippen LogP) is 6.60. The molecule has 0 heterocycles. The van der Waals surface area contributed by atoms with Gasteiger partial charge in [0.25, 0.3) is 0 Å². The summed E-state index contributed by atoms with van der Waals surface area (Å²) in [4.78, 5) is 0. The third kappa shape index (κ3) is 15.2. The molecule has 0 fully saturated rings. The molecule has 0 radical (unpaired) electrons. The van der Waals surface area contributed by atoms with Gasteiger partial charge in [0.15, 0.2) is 5.25 Å². The SMILES string of the molecule is CCCCCC(C#N)S(=O)(=O)N(CCCCCCCCC#N)CCCCCCCCC#N. The van der Waals surface area contributed by atoms with E-state index < -0.39 is 15.3 Å². The summed E-state index contributed by atoms with van der Waals surface area (Å²) in [6, 6.07) is 6.39. The molecule has 0 bridgehead atoms. The van der Waals surface area contributed by atoms with Crippen molar-refractivity contribution in [3.05, 3.63) is 0 Å². The van der Waals surface area contributed by atoms with Gasteiger partial charge in [-0.2, -0.15) is 15.8 Å². The van der Waals surface area contributed by atoms with Crippen molar-refractivity contribution in [2.24, 2.45) is 0 Å². The highest BCUT2D eigenvalue weighted by Gasteiger charge is 2.31. The molecule has 6 nitrogen and oxygen atoms in total. The Hall–Kier alpha value is -1.62. The minimum Gasteiger partial charge on any atom is -0.211 e. The number of hydrogen-bond donors (Lipinski definition) is 0. The quantitative estimate of drug-likeness (QED) is 0.168. The molecular weight excluding hydrogens is 420 g/mol. The summed E-state index contributed by atoms with van der Waals surface area (Å²) < 4.78 is 27.9. The van der Waals surface area contributed by atoms with Gasteiger partial charge in [-0.1, -0.05) is 77.6 Å². The van der Waals surface area contributed by atoms with Crippen molar-refractivity contribution < 1.29 is 8.42 Å². The van der Waals surface area contributed by atoms with Gasteiger partial charge in [-0.05, 0) is 32.1 Å². The maximum absolute atomic E-state index is 13.2. The zero-order valence-electron chi connectivity index (χ0n) is 20.2. The lowest BCUT2D eigenvalue weighted by Gasteiger charge is -2.25. The van der Waals surface area contributed by atoms with Crippen molar-refractivity contribution in [2.45, 2.75) is 128 Å². The van der Waals surface area contributed by atoms with Crippen molar-refractivity contribution in [1.82, 2.24) is 4.31 Å². The Morgan fingerprint density at radius 2 is 1.09 bits per heavy atom. The first kappa shape index (κ1) is 30.4. The van der Waals surface area contributed by atoms with Crippen LogP contribution in [-0.4, -0.2) is 31.1 Å². The fourth-order valence-electron chi connectivity index (χ4n) is 3.80. The molecule has 32 heavy (non-hydrogen) atoms. The van der Waals surface area contributed by atoms with Crippen molar-refractivity contribution in [3.63, 3.8) is 0 Å². The van der Waals surface area contributed by atoms with Crippen molar-refractivity contribution in [2.75, 3.05) is 13.1 Å². The zero-order valence-corrected chi connectivity index (χ0v) is 21.0. The molecule has 0 saturated carbocycles. The molecule has 1 atom stereocenters. The molecule has 0 N–H and O–H groups in total. The average molecular weight is 465 g/mol. The molecule has 0 rings (SSSR count). The molecule has 0 aliphatic rings. The second-order valence-corrected chi connectivity index (χ2v) is 10.7. The first-order valence-electron chi connectivity index (χ1n) is 12.7. The van der Waals surface area contributed by atoms with E-state index in [9.17, 15) is 13.7 Å². The Morgan fingerprint density at radius 1 is 0.656 bits per heavy atom. The summed E-state index contributed by atoms with van der Waals surface area (Å²) in [6.07, 6.45) is 16.2. The average Bonchev–Trinajstić information content (AvgIpc) is 2.78. The summed E-state index contributed by atoms with van der Waals surface area (Å²) in [6.45, 7) is 3.06. The number of unbranched alkanes of at least 4 members (excludes halogenated alkanes) is 14. The number of sulfonamides is 1. The molecule has 7 heteroatoms. The molecular formula is C25H44N4O2S. The lowest BCUT2D eigenvalue weighted by atomic mass is 10.1. The van der Waals surface area contributed by atoms with Crippen LogP contribution in [0.1, 0.15) is 122 Å². The van der Waals surface area contributed by atoms with Crippen LogP contribution in [-0.2, 0) is 10.0 Å². The van der Waals surface area contributed by atoms with E-state index in [1.165, 1.54) is 0 Å². The first-order chi connectivity index (χ1) is 15.5. The summed E-state index contributed by atoms with van der Waals surface area (Å²) in [7, 11) is -3.60. The van der Waals surface area contributed by atoms with Crippen LogP contribution >= 0.6 is 0 Å². The monoisotopic (exact) mass is 464 g/mol. The van der Waals surface area contributed by atoms with E-state index in [0.717, 1.165) is 96.3 Å². The van der Waals surface area contributed by atoms with Gasteiger partial charge in [-0.25, -0.2) is 12.7 Å². The minimum absolute atomic E-state index is 0.418. The van der Waals surface area contributed by atoms with Crippen LogP contribution in [0, 0.1) is 34.0 Å². The second-order valence-electron chi connectivity index (χ2n) is 8.62. The molecule has 0 aromatic heterocycles. The van der Waals surface area contributed by atoms with E-state index in [4.69, 9.17) is 10.5 Å². The Morgan fingerprint density at radius 3 is 1.50 bits per heavy atom. The Labute approximate surface area is 197 Å². The van der Waals surface area contributed by atoms with E-state index in [-0.39, 0.29) is 0 Å². The zero-order chi connectivity index (χ0) is 23.9. The number of hydrogen-bond acceptors (Lipinski definition) is 5. The first-order valence-corrected chi connectivity index (χ1v) is 14.2. The number of nitriles is 3. The van der Waals surface area contributed by atoms with E-state index in [1.54, 1.807) is 4.31 Å². The minimum atomic E-state index is -3.60. The van der Waals surface area contributed by atoms with Gasteiger partial charge >= 0.3 is 0 Å². The van der Waals surface area contributed by atoms with Crippen molar-refractivity contribution in [3.8, 4) is 18.2 Å². The number of nitrogens with zero attached hydrogens (tertiary/aromatic N) is 4. The van der Waals surface area contributed by atoms with Crippen molar-refractivity contribution in [1.29, 1.82) is 15.8 Å². The van der Waals surface area contributed by atoms with Crippen molar-refractivity contribution >= 4 is 10.0 Å². The molecule has 0 aliphatic heterocycles. The highest BCUT2D eigenvalue weighted by Crippen LogP contribution is 2.19. The predicted molar refractivity (Wildman–Crippen MR) is 130 cm³/mol. The maximum atomic E-state index is 13.2. The number of rotatable bonds is 22. The van der Waals surface area contributed by atoms with Crippen LogP contribution in [0.4, 0.5) is 0 Å². The van der Waals surface area contributed by atoms with Gasteiger partial charge in [0, 0.05) is 25.9 Å². The molecule has 0 amide bonds. The summed E-state index contributed by atoms with van der Waals surface area (Å²) >= 11 is 0. The molecule has 0 saturated heterocycles. The van der Waals surface area contributed by atoms with E-state index >= 15 is 0 Å². The molecule has 0 spiro atoms. The standard InChI is InChI=1S/C25H44N4O2S/c1-2-3-14-19-25(24-28)32(30,31)29(22-17-12-8-4-6-10-15-20-26)23-18-13-9-5-7-11-16-21-27/h25H,2-19,22-23H2,1H3. The molecule has 0 aliphatic carbocycles. The third-order valence-electron chi connectivity index (χ3n) is 5.83. The summed E-state index contributed by atoms with van der Waals surface area (Å²) in [5, 5.41) is 25.8. The molecule has 0 aromatic carbocycles. The van der Waals surface area contributed by atoms with E-state index in [0.29, 0.717) is 32.4 Å². The van der Waals surface area contributed by atoms with Gasteiger partial charge < -0.3 is 0 Å². The molecule has 182 valence electrons. The summed E-state index contributed by atoms with van der Waals surface area (Å²) in [5.74, 6) is 0. The second kappa shape index (κ2) is 21.2. The summed E-state index contributed by atoms with van der Waals surface area (Å²) in [5.41, 5.74) is 0. The Kier molecular flexibility index (Phi) is 20.2. The largest absolute Gasteiger partial charge is 0.230 e. The van der Waals surface area contributed by atoms with Crippen LogP contribution in [0.5, 0.6) is 0 Å². The van der Waals surface area contributed by atoms with Crippen LogP contribution in [0.25, 0.3) is 0 Å². The van der Waals surface area contributed by atoms with Gasteiger partial charge in [-0.15, -0.1) is 0 Å². The smallest absolute Gasteiger partial charge is 0.211 e.